The van der Waals surface area contributed by atoms with Crippen LogP contribution in [0, 0.1) is 0 Å². The van der Waals surface area contributed by atoms with Crippen molar-refractivity contribution in [1.29, 1.82) is 0 Å². The summed E-state index contributed by atoms with van der Waals surface area (Å²) in [5.74, 6) is -0.898. The van der Waals surface area contributed by atoms with Gasteiger partial charge in [0.05, 0.1) is 0 Å². The lowest BCUT2D eigenvalue weighted by Crippen LogP contribution is -1.96. The van der Waals surface area contributed by atoms with Crippen molar-refractivity contribution in [2.45, 2.75) is 38.7 Å². The van der Waals surface area contributed by atoms with E-state index in [1.807, 2.05) is 0 Å². The molecule has 1 unspecified atom stereocenters. The molecule has 84 valence electrons. The van der Waals surface area contributed by atoms with Gasteiger partial charge >= 0.3 is 5.97 Å². The minimum absolute atomic E-state index is 0.125. The predicted octanol–water partition coefficient (Wildman–Crippen LogP) is 2.59. The van der Waals surface area contributed by atoms with Gasteiger partial charge in [0.2, 0.25) is 5.76 Å². The number of rotatable bonds is 6. The first-order valence-corrected chi connectivity index (χ1v) is 5.16. The van der Waals surface area contributed by atoms with Crippen molar-refractivity contribution < 1.29 is 19.4 Å². The standard InChI is InChI=1S/C11H16O4/c1-2-3-4-5-8(12)9-6-7-10(15-9)11(13)14/h6-8,12H,2-5H2,1H3,(H,13,14). The smallest absolute Gasteiger partial charge is 0.371 e. The van der Waals surface area contributed by atoms with Gasteiger partial charge in [-0.25, -0.2) is 4.79 Å². The number of unbranched alkanes of at least 4 members (excludes halogenated alkanes) is 2. The maximum Gasteiger partial charge on any atom is 0.371 e. The van der Waals surface area contributed by atoms with E-state index < -0.39 is 12.1 Å². The lowest BCUT2D eigenvalue weighted by molar-refractivity contribution is 0.0649. The second kappa shape index (κ2) is 5.56. The monoisotopic (exact) mass is 212 g/mol. The van der Waals surface area contributed by atoms with Crippen LogP contribution in [0.2, 0.25) is 0 Å². The second-order valence-corrected chi connectivity index (χ2v) is 3.52. The molecule has 0 amide bonds. The van der Waals surface area contributed by atoms with Crippen LogP contribution in [0.5, 0.6) is 0 Å². The largest absolute Gasteiger partial charge is 0.475 e. The number of aliphatic hydroxyl groups excluding tert-OH is 1. The summed E-state index contributed by atoms with van der Waals surface area (Å²) in [6.45, 7) is 2.09. The molecule has 1 aromatic rings. The topological polar surface area (TPSA) is 70.7 Å². The minimum atomic E-state index is -1.11. The summed E-state index contributed by atoms with van der Waals surface area (Å²) in [4.78, 5) is 10.5. The van der Waals surface area contributed by atoms with Crippen LogP contribution in [0.4, 0.5) is 0 Å². The van der Waals surface area contributed by atoms with Crippen LogP contribution in [0.25, 0.3) is 0 Å². The molecule has 0 bridgehead atoms. The molecule has 0 fully saturated rings. The molecular weight excluding hydrogens is 196 g/mol. The van der Waals surface area contributed by atoms with E-state index in [9.17, 15) is 9.90 Å². The van der Waals surface area contributed by atoms with Crippen molar-refractivity contribution >= 4 is 5.97 Å². The highest BCUT2D eigenvalue weighted by molar-refractivity contribution is 5.84. The molecule has 0 spiro atoms. The lowest BCUT2D eigenvalue weighted by atomic mass is 10.1. The van der Waals surface area contributed by atoms with Crippen LogP contribution >= 0.6 is 0 Å². The van der Waals surface area contributed by atoms with Crippen molar-refractivity contribution in [3.8, 4) is 0 Å². The van der Waals surface area contributed by atoms with Crippen molar-refractivity contribution in [2.24, 2.45) is 0 Å². The molecule has 4 nitrogen and oxygen atoms in total. The Balaban J connectivity index is 2.50. The molecule has 1 heterocycles. The summed E-state index contributed by atoms with van der Waals surface area (Å²) in [5, 5.41) is 18.3. The van der Waals surface area contributed by atoms with E-state index in [0.717, 1.165) is 19.3 Å². The van der Waals surface area contributed by atoms with Crippen LogP contribution in [0.1, 0.15) is 55.0 Å². The van der Waals surface area contributed by atoms with Crippen molar-refractivity contribution in [3.05, 3.63) is 23.7 Å². The van der Waals surface area contributed by atoms with E-state index in [4.69, 9.17) is 9.52 Å². The highest BCUT2D eigenvalue weighted by Crippen LogP contribution is 2.21. The number of aliphatic hydroxyl groups is 1. The van der Waals surface area contributed by atoms with Gasteiger partial charge in [-0.1, -0.05) is 26.2 Å². The summed E-state index contributed by atoms with van der Waals surface area (Å²) in [5.41, 5.74) is 0. The zero-order chi connectivity index (χ0) is 11.3. The van der Waals surface area contributed by atoms with Crippen LogP contribution in [0.3, 0.4) is 0 Å². The summed E-state index contributed by atoms with van der Waals surface area (Å²) in [7, 11) is 0. The number of aromatic carboxylic acids is 1. The minimum Gasteiger partial charge on any atom is -0.475 e. The van der Waals surface area contributed by atoms with E-state index >= 15 is 0 Å². The second-order valence-electron chi connectivity index (χ2n) is 3.52. The normalized spacial score (nSPS) is 12.7. The van der Waals surface area contributed by atoms with Gasteiger partial charge in [-0.05, 0) is 18.6 Å². The number of hydrogen-bond donors (Lipinski definition) is 2. The van der Waals surface area contributed by atoms with E-state index in [2.05, 4.69) is 6.92 Å². The molecule has 1 atom stereocenters. The average Bonchev–Trinajstić information content (AvgIpc) is 2.66. The molecule has 0 saturated carbocycles. The van der Waals surface area contributed by atoms with Crippen LogP contribution in [0.15, 0.2) is 16.5 Å². The fraction of sp³-hybridized carbons (Fsp3) is 0.545. The van der Waals surface area contributed by atoms with Gasteiger partial charge in [0, 0.05) is 0 Å². The van der Waals surface area contributed by atoms with E-state index in [-0.39, 0.29) is 5.76 Å². The zero-order valence-corrected chi connectivity index (χ0v) is 8.77. The van der Waals surface area contributed by atoms with Gasteiger partial charge in [0.15, 0.2) is 0 Å². The molecule has 0 radical (unpaired) electrons. The first kappa shape index (κ1) is 11.8. The van der Waals surface area contributed by atoms with E-state index in [1.54, 1.807) is 0 Å². The molecule has 0 aliphatic carbocycles. The third-order valence-corrected chi connectivity index (χ3v) is 2.25. The average molecular weight is 212 g/mol. The van der Waals surface area contributed by atoms with Crippen molar-refractivity contribution in [2.75, 3.05) is 0 Å². The van der Waals surface area contributed by atoms with E-state index in [0.29, 0.717) is 12.2 Å². The molecular formula is C11H16O4. The van der Waals surface area contributed by atoms with Crippen LogP contribution in [-0.4, -0.2) is 16.2 Å². The van der Waals surface area contributed by atoms with Gasteiger partial charge in [-0.3, -0.25) is 0 Å². The maximum atomic E-state index is 10.5. The van der Waals surface area contributed by atoms with Crippen molar-refractivity contribution in [3.63, 3.8) is 0 Å². The lowest BCUT2D eigenvalue weighted by Gasteiger charge is -2.06. The molecule has 0 aliphatic rings. The molecule has 0 aliphatic heterocycles. The van der Waals surface area contributed by atoms with Gasteiger partial charge in [-0.2, -0.15) is 0 Å². The molecule has 4 heteroatoms. The molecule has 0 aromatic carbocycles. The molecule has 15 heavy (non-hydrogen) atoms. The highest BCUT2D eigenvalue weighted by Gasteiger charge is 2.14. The number of carboxylic acids is 1. The Kier molecular flexibility index (Phi) is 4.37. The predicted molar refractivity (Wildman–Crippen MR) is 54.8 cm³/mol. The Morgan fingerprint density at radius 3 is 2.73 bits per heavy atom. The van der Waals surface area contributed by atoms with Crippen molar-refractivity contribution in [1.82, 2.24) is 0 Å². The summed E-state index contributed by atoms with van der Waals surface area (Å²) >= 11 is 0. The third kappa shape index (κ3) is 3.40. The fourth-order valence-electron chi connectivity index (χ4n) is 1.38. The van der Waals surface area contributed by atoms with Gasteiger partial charge in [-0.15, -0.1) is 0 Å². The first-order valence-electron chi connectivity index (χ1n) is 5.16. The number of furan rings is 1. The third-order valence-electron chi connectivity index (χ3n) is 2.25. The first-order chi connectivity index (χ1) is 7.15. The Labute approximate surface area is 88.5 Å². The highest BCUT2D eigenvalue weighted by atomic mass is 16.4. The zero-order valence-electron chi connectivity index (χ0n) is 8.77. The summed E-state index contributed by atoms with van der Waals surface area (Å²) < 4.78 is 4.99. The molecule has 1 rings (SSSR count). The Morgan fingerprint density at radius 1 is 1.47 bits per heavy atom. The molecule has 1 aromatic heterocycles. The Hall–Kier alpha value is -1.29. The van der Waals surface area contributed by atoms with Gasteiger partial charge < -0.3 is 14.6 Å². The quantitative estimate of drug-likeness (QED) is 0.711. The van der Waals surface area contributed by atoms with Crippen LogP contribution < -0.4 is 0 Å². The molecule has 2 N–H and O–H groups in total. The fourth-order valence-corrected chi connectivity index (χ4v) is 1.38. The van der Waals surface area contributed by atoms with Crippen LogP contribution in [-0.2, 0) is 0 Å². The van der Waals surface area contributed by atoms with Gasteiger partial charge in [0.25, 0.3) is 0 Å². The number of carboxylic acid groups (broad SMARTS) is 1. The number of hydrogen-bond acceptors (Lipinski definition) is 3. The summed E-state index contributed by atoms with van der Waals surface area (Å²) in [6.07, 6.45) is 2.99. The number of carbonyl (C=O) groups is 1. The summed E-state index contributed by atoms with van der Waals surface area (Å²) in [6, 6.07) is 2.88. The maximum absolute atomic E-state index is 10.5. The molecule has 0 saturated heterocycles. The Morgan fingerprint density at radius 2 is 2.20 bits per heavy atom. The Bertz CT molecular complexity index is 316. The van der Waals surface area contributed by atoms with E-state index in [1.165, 1.54) is 12.1 Å². The SMILES string of the molecule is CCCCCC(O)c1ccc(C(=O)O)o1. The van der Waals surface area contributed by atoms with Gasteiger partial charge in [0.1, 0.15) is 11.9 Å².